The van der Waals surface area contributed by atoms with Crippen LogP contribution in [0.1, 0.15) is 23.2 Å². The van der Waals surface area contributed by atoms with Gasteiger partial charge in [-0.15, -0.1) is 0 Å². The van der Waals surface area contributed by atoms with Gasteiger partial charge in [-0.3, -0.25) is 0 Å². The molecule has 0 spiro atoms. The molecule has 3 heteroatoms. The maximum atomic E-state index is 4.80. The molecule has 0 bridgehead atoms. The zero-order valence-corrected chi connectivity index (χ0v) is 13.7. The molecule has 3 nitrogen and oxygen atoms in total. The molecular formula is C21H21N3. The summed E-state index contributed by atoms with van der Waals surface area (Å²) in [5.41, 5.74) is 4.91. The van der Waals surface area contributed by atoms with E-state index in [-0.39, 0.29) is 0 Å². The van der Waals surface area contributed by atoms with Crippen LogP contribution in [-0.2, 0) is 19.4 Å². The third kappa shape index (κ3) is 3.36. The summed E-state index contributed by atoms with van der Waals surface area (Å²) in [5, 5.41) is 3.67. The van der Waals surface area contributed by atoms with E-state index in [1.807, 2.05) is 24.4 Å². The second-order valence-electron chi connectivity index (χ2n) is 6.34. The monoisotopic (exact) mass is 315 g/mol. The van der Waals surface area contributed by atoms with E-state index in [2.05, 4.69) is 52.8 Å². The van der Waals surface area contributed by atoms with Gasteiger partial charge >= 0.3 is 0 Å². The zero-order valence-electron chi connectivity index (χ0n) is 13.7. The number of hydrogen-bond donors (Lipinski definition) is 1. The van der Waals surface area contributed by atoms with Crippen molar-refractivity contribution in [3.05, 3.63) is 83.7 Å². The highest BCUT2D eigenvalue weighted by atomic mass is 14.9. The number of nitrogens with zero attached hydrogens (tertiary/aromatic N) is 2. The van der Waals surface area contributed by atoms with Gasteiger partial charge in [-0.05, 0) is 30.4 Å². The quantitative estimate of drug-likeness (QED) is 0.796. The van der Waals surface area contributed by atoms with E-state index < -0.39 is 0 Å². The molecular weight excluding hydrogens is 294 g/mol. The molecule has 1 aliphatic carbocycles. The first kappa shape index (κ1) is 15.0. The van der Waals surface area contributed by atoms with Gasteiger partial charge in [0.1, 0.15) is 0 Å². The minimum absolute atomic E-state index is 0.504. The lowest BCUT2D eigenvalue weighted by Gasteiger charge is -2.25. The van der Waals surface area contributed by atoms with Crippen molar-refractivity contribution in [2.45, 2.75) is 31.8 Å². The van der Waals surface area contributed by atoms with Crippen LogP contribution in [-0.4, -0.2) is 16.0 Å². The van der Waals surface area contributed by atoms with Crippen molar-refractivity contribution >= 4 is 0 Å². The first-order chi connectivity index (χ1) is 11.9. The van der Waals surface area contributed by atoms with E-state index in [9.17, 15) is 0 Å². The number of hydrogen-bond acceptors (Lipinski definition) is 3. The Kier molecular flexibility index (Phi) is 4.34. The Hall–Kier alpha value is -2.52. The van der Waals surface area contributed by atoms with Crippen molar-refractivity contribution in [2.24, 2.45) is 0 Å². The number of benzene rings is 2. The number of aromatic nitrogens is 2. The van der Waals surface area contributed by atoms with Crippen molar-refractivity contribution in [3.8, 4) is 11.4 Å². The minimum atomic E-state index is 0.504. The van der Waals surface area contributed by atoms with Gasteiger partial charge in [0.25, 0.3) is 0 Å². The fourth-order valence-corrected chi connectivity index (χ4v) is 3.27. The van der Waals surface area contributed by atoms with Gasteiger partial charge < -0.3 is 5.32 Å². The van der Waals surface area contributed by atoms with Gasteiger partial charge in [0.15, 0.2) is 5.82 Å². The molecule has 2 aromatic carbocycles. The van der Waals surface area contributed by atoms with Crippen LogP contribution in [0.3, 0.4) is 0 Å². The largest absolute Gasteiger partial charge is 0.310 e. The molecule has 24 heavy (non-hydrogen) atoms. The van der Waals surface area contributed by atoms with Crippen LogP contribution in [0, 0.1) is 0 Å². The summed E-state index contributed by atoms with van der Waals surface area (Å²) < 4.78 is 0. The highest BCUT2D eigenvalue weighted by molar-refractivity contribution is 5.54. The second kappa shape index (κ2) is 6.93. The highest BCUT2D eigenvalue weighted by Crippen LogP contribution is 2.22. The van der Waals surface area contributed by atoms with E-state index in [0.29, 0.717) is 6.04 Å². The molecule has 1 N–H and O–H groups in total. The van der Waals surface area contributed by atoms with Gasteiger partial charge in [0.05, 0.1) is 0 Å². The van der Waals surface area contributed by atoms with Gasteiger partial charge in [-0.1, -0.05) is 60.7 Å². The molecule has 1 unspecified atom stereocenters. The first-order valence-corrected chi connectivity index (χ1v) is 8.56. The molecule has 1 aromatic heterocycles. The molecule has 0 saturated carbocycles. The fourth-order valence-electron chi connectivity index (χ4n) is 3.27. The molecule has 0 aliphatic heterocycles. The van der Waals surface area contributed by atoms with E-state index in [1.165, 1.54) is 16.8 Å². The number of fused-ring (bicyclic) bond motifs is 1. The van der Waals surface area contributed by atoms with Gasteiger partial charge in [0.2, 0.25) is 0 Å². The average molecular weight is 315 g/mol. The molecule has 0 fully saturated rings. The number of nitrogens with one attached hydrogen (secondary N) is 1. The lowest BCUT2D eigenvalue weighted by molar-refractivity contribution is 0.452. The topological polar surface area (TPSA) is 37.8 Å². The van der Waals surface area contributed by atoms with Crippen LogP contribution in [0.4, 0.5) is 0 Å². The van der Waals surface area contributed by atoms with Crippen LogP contribution < -0.4 is 5.32 Å². The van der Waals surface area contributed by atoms with Gasteiger partial charge in [0, 0.05) is 30.0 Å². The predicted octanol–water partition coefficient (Wildman–Crippen LogP) is 3.79. The summed E-state index contributed by atoms with van der Waals surface area (Å²) >= 11 is 0. The predicted molar refractivity (Wildman–Crippen MR) is 96.6 cm³/mol. The van der Waals surface area contributed by atoms with Crippen LogP contribution in [0.15, 0.2) is 66.9 Å². The molecule has 4 rings (SSSR count). The van der Waals surface area contributed by atoms with Crippen LogP contribution in [0.5, 0.6) is 0 Å². The van der Waals surface area contributed by atoms with E-state index >= 15 is 0 Å². The fraction of sp³-hybridized carbons (Fsp3) is 0.238. The van der Waals surface area contributed by atoms with E-state index in [4.69, 9.17) is 4.98 Å². The standard InChI is InChI=1S/C21H21N3/c1-3-7-16(8-4-1)14-22-19-11-12-20-18(13-19)15-23-21(24-20)17-9-5-2-6-10-17/h1-10,15,19,22H,11-14H2. The van der Waals surface area contributed by atoms with Crippen LogP contribution >= 0.6 is 0 Å². The Bertz CT molecular complexity index is 800. The molecule has 3 aromatic rings. The Morgan fingerprint density at radius 2 is 1.71 bits per heavy atom. The van der Waals surface area contributed by atoms with Crippen molar-refractivity contribution < 1.29 is 0 Å². The lowest BCUT2D eigenvalue weighted by Crippen LogP contribution is -2.34. The first-order valence-electron chi connectivity index (χ1n) is 8.56. The average Bonchev–Trinajstić information content (AvgIpc) is 2.67. The molecule has 0 amide bonds. The molecule has 1 atom stereocenters. The van der Waals surface area contributed by atoms with E-state index in [1.54, 1.807) is 0 Å². The highest BCUT2D eigenvalue weighted by Gasteiger charge is 2.20. The SMILES string of the molecule is c1ccc(CNC2CCc3nc(-c4ccccc4)ncc3C2)cc1. The normalized spacial score (nSPS) is 16.6. The number of aryl methyl sites for hydroxylation is 1. The Morgan fingerprint density at radius 3 is 2.50 bits per heavy atom. The van der Waals surface area contributed by atoms with Crippen LogP contribution in [0.25, 0.3) is 11.4 Å². The van der Waals surface area contributed by atoms with Crippen molar-refractivity contribution in [2.75, 3.05) is 0 Å². The molecule has 120 valence electrons. The minimum Gasteiger partial charge on any atom is -0.310 e. The maximum absolute atomic E-state index is 4.80. The van der Waals surface area contributed by atoms with E-state index in [0.717, 1.165) is 37.2 Å². The summed E-state index contributed by atoms with van der Waals surface area (Å²) in [7, 11) is 0. The maximum Gasteiger partial charge on any atom is 0.159 e. The third-order valence-corrected chi connectivity index (χ3v) is 4.62. The second-order valence-corrected chi connectivity index (χ2v) is 6.34. The lowest BCUT2D eigenvalue weighted by atomic mass is 9.92. The van der Waals surface area contributed by atoms with Crippen molar-refractivity contribution in [1.82, 2.24) is 15.3 Å². The van der Waals surface area contributed by atoms with Gasteiger partial charge in [-0.25, -0.2) is 9.97 Å². The smallest absolute Gasteiger partial charge is 0.159 e. The summed E-state index contributed by atoms with van der Waals surface area (Å²) in [6.07, 6.45) is 5.17. The summed E-state index contributed by atoms with van der Waals surface area (Å²) in [5.74, 6) is 0.838. The molecule has 1 heterocycles. The zero-order chi connectivity index (χ0) is 16.2. The van der Waals surface area contributed by atoms with Crippen molar-refractivity contribution in [3.63, 3.8) is 0 Å². The Balaban J connectivity index is 1.44. The summed E-state index contributed by atoms with van der Waals surface area (Å²) in [4.78, 5) is 9.37. The van der Waals surface area contributed by atoms with Crippen molar-refractivity contribution in [1.29, 1.82) is 0 Å². The molecule has 1 aliphatic rings. The number of rotatable bonds is 4. The Morgan fingerprint density at radius 1 is 0.958 bits per heavy atom. The third-order valence-electron chi connectivity index (χ3n) is 4.62. The molecule has 0 radical (unpaired) electrons. The summed E-state index contributed by atoms with van der Waals surface area (Å²) in [6.45, 7) is 0.920. The van der Waals surface area contributed by atoms with Gasteiger partial charge in [-0.2, -0.15) is 0 Å². The van der Waals surface area contributed by atoms with Crippen LogP contribution in [0.2, 0.25) is 0 Å². The molecule has 0 saturated heterocycles. The summed E-state index contributed by atoms with van der Waals surface area (Å²) in [6, 6.07) is 21.3. The Labute approximate surface area is 142 Å².